The van der Waals surface area contributed by atoms with Crippen molar-refractivity contribution in [1.29, 1.82) is 0 Å². The minimum absolute atomic E-state index is 0.0590. The second-order valence-electron chi connectivity index (χ2n) is 8.44. The van der Waals surface area contributed by atoms with Gasteiger partial charge in [0.05, 0.1) is 11.9 Å². The van der Waals surface area contributed by atoms with Crippen molar-refractivity contribution in [3.63, 3.8) is 0 Å². The van der Waals surface area contributed by atoms with Gasteiger partial charge < -0.3 is 20.4 Å². The number of aromatic nitrogens is 4. The van der Waals surface area contributed by atoms with E-state index in [2.05, 4.69) is 25.7 Å². The third-order valence-electron chi connectivity index (χ3n) is 5.46. The fraction of sp³-hybridized carbons (Fsp3) is 0.476. The van der Waals surface area contributed by atoms with E-state index in [1.54, 1.807) is 5.10 Å². The summed E-state index contributed by atoms with van der Waals surface area (Å²) in [5.41, 5.74) is -6.89. The molecule has 0 radical (unpaired) electrons. The lowest BCUT2D eigenvalue weighted by Gasteiger charge is -2.35. The molecule has 10 nitrogen and oxygen atoms in total. The lowest BCUT2D eigenvalue weighted by molar-refractivity contribution is -0.147. The van der Waals surface area contributed by atoms with Crippen LogP contribution in [0.25, 0.3) is 0 Å². The van der Waals surface area contributed by atoms with Crippen LogP contribution in [-0.2, 0) is 18.5 Å². The predicted molar refractivity (Wildman–Crippen MR) is 121 cm³/mol. The summed E-state index contributed by atoms with van der Waals surface area (Å²) in [5.74, 6) is -0.768. The van der Waals surface area contributed by atoms with Crippen LogP contribution in [0.3, 0.4) is 0 Å². The number of aromatic amines is 1. The highest BCUT2D eigenvalue weighted by Gasteiger charge is 2.40. The molecule has 0 spiro atoms. The van der Waals surface area contributed by atoms with Gasteiger partial charge in [-0.3, -0.25) is 4.79 Å². The maximum Gasteiger partial charge on any atom is 0.433 e. The molecule has 220 valence electrons. The lowest BCUT2D eigenvalue weighted by Crippen LogP contribution is -2.52. The van der Waals surface area contributed by atoms with E-state index in [0.29, 0.717) is 0 Å². The standard InChI is InChI=1S/C21H21F9N8O2/c1-11(33-12-10-32-36-16(39)15(12)21(28,29)30)3-2-4-31-18(40)38-7-5-37(6-8-38)17-34-13(19(22,23)24)9-14(35-17)20(25,26)27/h2-3,9-11H,4-8H2,1H3,(H,31,40)(H2,33,36,39)/b3-2+/t11-/m0/s1. The topological polar surface area (TPSA) is 119 Å². The third kappa shape index (κ3) is 7.75. The number of hydrogen-bond donors (Lipinski definition) is 3. The summed E-state index contributed by atoms with van der Waals surface area (Å²) in [5, 5.41) is 10.0. The molecule has 3 rings (SSSR count). The van der Waals surface area contributed by atoms with Crippen LogP contribution in [0.15, 0.2) is 29.2 Å². The Morgan fingerprint density at radius 1 is 1.00 bits per heavy atom. The van der Waals surface area contributed by atoms with Crippen molar-refractivity contribution in [3.05, 3.63) is 51.7 Å². The number of alkyl halides is 9. The maximum absolute atomic E-state index is 13.1. The minimum atomic E-state index is -5.13. The Kier molecular flexibility index (Phi) is 8.83. The van der Waals surface area contributed by atoms with E-state index in [1.807, 2.05) is 0 Å². The Labute approximate surface area is 219 Å². The van der Waals surface area contributed by atoms with E-state index in [1.165, 1.54) is 24.0 Å². The lowest BCUT2D eigenvalue weighted by atomic mass is 10.2. The van der Waals surface area contributed by atoms with Gasteiger partial charge in [-0.25, -0.2) is 19.9 Å². The van der Waals surface area contributed by atoms with Crippen LogP contribution in [0.1, 0.15) is 23.9 Å². The monoisotopic (exact) mass is 588 g/mol. The molecule has 40 heavy (non-hydrogen) atoms. The van der Waals surface area contributed by atoms with E-state index in [9.17, 15) is 49.1 Å². The van der Waals surface area contributed by atoms with Gasteiger partial charge in [0.1, 0.15) is 5.56 Å². The van der Waals surface area contributed by atoms with Gasteiger partial charge in [0.15, 0.2) is 11.4 Å². The van der Waals surface area contributed by atoms with Crippen molar-refractivity contribution in [2.75, 3.05) is 42.9 Å². The van der Waals surface area contributed by atoms with Crippen molar-refractivity contribution in [3.8, 4) is 0 Å². The molecule has 0 unspecified atom stereocenters. The summed E-state index contributed by atoms with van der Waals surface area (Å²) in [6.45, 7) is 1.01. The zero-order chi connectivity index (χ0) is 29.9. The van der Waals surface area contributed by atoms with Gasteiger partial charge in [-0.15, -0.1) is 0 Å². The summed E-state index contributed by atoms with van der Waals surface area (Å²) in [7, 11) is 0. The number of halogens is 9. The molecule has 1 saturated heterocycles. The average molecular weight is 588 g/mol. The molecule has 3 N–H and O–H groups in total. The first-order valence-electron chi connectivity index (χ1n) is 11.4. The summed E-state index contributed by atoms with van der Waals surface area (Å²) in [6.07, 6.45) is -11.5. The highest BCUT2D eigenvalue weighted by atomic mass is 19.4. The number of H-pyrrole nitrogens is 1. The predicted octanol–water partition coefficient (Wildman–Crippen LogP) is 3.50. The molecule has 0 aliphatic carbocycles. The van der Waals surface area contributed by atoms with Gasteiger partial charge in [-0.2, -0.15) is 44.6 Å². The van der Waals surface area contributed by atoms with E-state index in [-0.39, 0.29) is 38.8 Å². The van der Waals surface area contributed by atoms with Gasteiger partial charge in [-0.05, 0) is 13.0 Å². The Bertz CT molecular complexity index is 1250. The van der Waals surface area contributed by atoms with Gasteiger partial charge in [0.25, 0.3) is 5.56 Å². The smallest absolute Gasteiger partial charge is 0.377 e. The zero-order valence-electron chi connectivity index (χ0n) is 20.4. The van der Waals surface area contributed by atoms with E-state index in [0.717, 1.165) is 11.1 Å². The van der Waals surface area contributed by atoms with E-state index >= 15 is 0 Å². The molecule has 2 amide bonds. The number of nitrogens with one attached hydrogen (secondary N) is 3. The van der Waals surface area contributed by atoms with Gasteiger partial charge in [0.2, 0.25) is 5.95 Å². The number of piperazine rings is 1. The molecular formula is C21H21F9N8O2. The molecule has 0 bridgehead atoms. The summed E-state index contributed by atoms with van der Waals surface area (Å²) in [4.78, 5) is 32.7. The molecule has 2 aromatic heterocycles. The SMILES string of the molecule is C[C@@H](/C=C/CNC(=O)N1CCN(c2nc(C(F)(F)F)cc(C(F)(F)F)n2)CC1)Nc1cn[nH]c(=O)c1C(F)(F)F. The molecular weight excluding hydrogens is 567 g/mol. The number of amides is 2. The number of rotatable bonds is 6. The Morgan fingerprint density at radius 2 is 1.57 bits per heavy atom. The van der Waals surface area contributed by atoms with Gasteiger partial charge in [-0.1, -0.05) is 12.2 Å². The zero-order valence-corrected chi connectivity index (χ0v) is 20.4. The quantitative estimate of drug-likeness (QED) is 0.349. The average Bonchev–Trinajstić information content (AvgIpc) is 2.84. The van der Waals surface area contributed by atoms with Crippen LogP contribution in [0, 0.1) is 0 Å². The number of hydrogen-bond acceptors (Lipinski definition) is 7. The van der Waals surface area contributed by atoms with Crippen LogP contribution < -0.4 is 21.1 Å². The van der Waals surface area contributed by atoms with Crippen molar-refractivity contribution in [2.45, 2.75) is 31.5 Å². The number of anilines is 2. The number of carbonyl (C=O) groups is 1. The van der Waals surface area contributed by atoms with Crippen LogP contribution in [0.4, 0.5) is 55.9 Å². The Hall–Kier alpha value is -4.06. The Balaban J connectivity index is 1.54. The van der Waals surface area contributed by atoms with Crippen molar-refractivity contribution in [1.82, 2.24) is 30.4 Å². The van der Waals surface area contributed by atoms with Crippen molar-refractivity contribution < 1.29 is 44.3 Å². The third-order valence-corrected chi connectivity index (χ3v) is 5.46. The van der Waals surface area contributed by atoms with Crippen molar-refractivity contribution >= 4 is 17.7 Å². The number of carbonyl (C=O) groups excluding carboxylic acids is 1. The first kappa shape index (κ1) is 30.5. The highest BCUT2D eigenvalue weighted by Crippen LogP contribution is 2.35. The second-order valence-corrected chi connectivity index (χ2v) is 8.44. The van der Waals surface area contributed by atoms with Crippen LogP contribution in [0.2, 0.25) is 0 Å². The first-order valence-corrected chi connectivity index (χ1v) is 11.4. The van der Waals surface area contributed by atoms with Gasteiger partial charge >= 0.3 is 24.6 Å². The largest absolute Gasteiger partial charge is 0.433 e. The van der Waals surface area contributed by atoms with Crippen LogP contribution >= 0.6 is 0 Å². The van der Waals surface area contributed by atoms with Crippen molar-refractivity contribution in [2.24, 2.45) is 0 Å². The highest BCUT2D eigenvalue weighted by molar-refractivity contribution is 5.74. The molecule has 19 heteroatoms. The van der Waals surface area contributed by atoms with Gasteiger partial charge in [0, 0.05) is 38.8 Å². The summed E-state index contributed by atoms with van der Waals surface area (Å²) in [6, 6.07) is -1.48. The fourth-order valence-electron chi connectivity index (χ4n) is 3.59. The molecule has 2 aromatic rings. The molecule has 0 saturated carbocycles. The maximum atomic E-state index is 13.1. The first-order chi connectivity index (χ1) is 18.5. The normalized spacial score (nSPS) is 15.8. The van der Waals surface area contributed by atoms with Crippen LogP contribution in [-0.4, -0.2) is 69.9 Å². The fourth-order valence-corrected chi connectivity index (χ4v) is 3.59. The minimum Gasteiger partial charge on any atom is -0.377 e. The molecule has 1 fully saturated rings. The molecule has 0 aromatic carbocycles. The molecule has 1 atom stereocenters. The molecule has 3 heterocycles. The molecule has 1 aliphatic rings. The van der Waals surface area contributed by atoms with E-state index < -0.39 is 64.7 Å². The van der Waals surface area contributed by atoms with Crippen LogP contribution in [0.5, 0.6) is 0 Å². The number of nitrogens with zero attached hydrogens (tertiary/aromatic N) is 5. The number of urea groups is 1. The molecule has 1 aliphatic heterocycles. The Morgan fingerprint density at radius 3 is 2.10 bits per heavy atom. The second kappa shape index (κ2) is 11.6. The summed E-state index contributed by atoms with van der Waals surface area (Å²) < 4.78 is 118. The summed E-state index contributed by atoms with van der Waals surface area (Å²) >= 11 is 0. The van der Waals surface area contributed by atoms with E-state index in [4.69, 9.17) is 0 Å².